The van der Waals surface area contributed by atoms with Crippen LogP contribution in [0.2, 0.25) is 0 Å². The fourth-order valence-corrected chi connectivity index (χ4v) is 2.84. The van der Waals surface area contributed by atoms with Crippen LogP contribution in [-0.4, -0.2) is 17.8 Å². The Labute approximate surface area is 161 Å². The molecule has 5 heteroatoms. The lowest BCUT2D eigenvalue weighted by Crippen LogP contribution is -2.21. The molecule has 1 heterocycles. The molecule has 0 saturated heterocycles. The van der Waals surface area contributed by atoms with E-state index in [4.69, 9.17) is 4.74 Å². The maximum absolute atomic E-state index is 12.1. The van der Waals surface area contributed by atoms with E-state index in [2.05, 4.69) is 4.99 Å². The number of rotatable bonds is 4. The number of esters is 1. The van der Waals surface area contributed by atoms with Crippen LogP contribution in [0.3, 0.4) is 0 Å². The average molecular weight is 368 g/mol. The average Bonchev–Trinajstić information content (AvgIpc) is 3.09. The third kappa shape index (κ3) is 3.59. The second kappa shape index (κ2) is 7.32. The number of carbonyl (C=O) groups is 2. The second-order valence-corrected chi connectivity index (χ2v) is 6.19. The molecule has 3 aromatic carbocycles. The Kier molecular flexibility index (Phi) is 4.56. The van der Waals surface area contributed by atoms with Crippen molar-refractivity contribution in [2.24, 2.45) is 4.99 Å². The van der Waals surface area contributed by atoms with Gasteiger partial charge in [0.15, 0.2) is 5.70 Å². The summed E-state index contributed by atoms with van der Waals surface area (Å²) in [4.78, 5) is 27.2. The van der Waals surface area contributed by atoms with E-state index >= 15 is 0 Å². The van der Waals surface area contributed by atoms with Gasteiger partial charge in [0.2, 0.25) is 5.90 Å². The minimum Gasteiger partial charge on any atom is -0.545 e. The van der Waals surface area contributed by atoms with Crippen LogP contribution >= 0.6 is 0 Å². The Balaban J connectivity index is 1.57. The number of benzene rings is 3. The monoisotopic (exact) mass is 368 g/mol. The number of carbonyl (C=O) groups excluding carboxylic acids is 2. The number of carboxylic acids is 1. The molecule has 136 valence electrons. The van der Waals surface area contributed by atoms with Crippen LogP contribution < -0.4 is 5.11 Å². The summed E-state index contributed by atoms with van der Waals surface area (Å²) in [5.41, 5.74) is 3.71. The van der Waals surface area contributed by atoms with Gasteiger partial charge in [-0.2, -0.15) is 0 Å². The molecule has 0 bridgehead atoms. The molecule has 5 nitrogen and oxygen atoms in total. The summed E-state index contributed by atoms with van der Waals surface area (Å²) in [6.07, 6.45) is 1.55. The molecule has 0 amide bonds. The molecular formula is C23H14NO4-. The van der Waals surface area contributed by atoms with Gasteiger partial charge in [0, 0.05) is 5.56 Å². The van der Waals surface area contributed by atoms with Gasteiger partial charge in [-0.05, 0) is 40.5 Å². The summed E-state index contributed by atoms with van der Waals surface area (Å²) < 4.78 is 5.28. The minimum atomic E-state index is -1.25. The lowest BCUT2D eigenvalue weighted by Gasteiger charge is -2.03. The van der Waals surface area contributed by atoms with E-state index in [-0.39, 0.29) is 17.2 Å². The number of ether oxygens (including phenoxy) is 1. The lowest BCUT2D eigenvalue weighted by molar-refractivity contribution is -0.255. The molecule has 0 aliphatic carbocycles. The van der Waals surface area contributed by atoms with E-state index in [9.17, 15) is 14.7 Å². The largest absolute Gasteiger partial charge is 0.545 e. The molecule has 0 aromatic heterocycles. The van der Waals surface area contributed by atoms with Crippen LogP contribution in [0.4, 0.5) is 0 Å². The van der Waals surface area contributed by atoms with Crippen molar-refractivity contribution in [2.75, 3.05) is 0 Å². The zero-order valence-electron chi connectivity index (χ0n) is 14.7. The molecule has 0 spiro atoms. The van der Waals surface area contributed by atoms with Crippen molar-refractivity contribution < 1.29 is 19.4 Å². The second-order valence-electron chi connectivity index (χ2n) is 6.19. The van der Waals surface area contributed by atoms with Crippen LogP contribution in [0.5, 0.6) is 0 Å². The number of aromatic carboxylic acids is 1. The van der Waals surface area contributed by atoms with Crippen LogP contribution in [0.1, 0.15) is 21.5 Å². The van der Waals surface area contributed by atoms with E-state index < -0.39 is 11.9 Å². The van der Waals surface area contributed by atoms with Gasteiger partial charge in [-0.3, -0.25) is 0 Å². The Bertz CT molecular complexity index is 1100. The van der Waals surface area contributed by atoms with Gasteiger partial charge in [-0.25, -0.2) is 9.79 Å². The summed E-state index contributed by atoms with van der Waals surface area (Å²) in [7, 11) is 0. The summed E-state index contributed by atoms with van der Waals surface area (Å²) in [5.74, 6) is -1.56. The maximum atomic E-state index is 12.1. The normalized spacial score (nSPS) is 14.6. The van der Waals surface area contributed by atoms with Gasteiger partial charge in [-0.15, -0.1) is 0 Å². The smallest absolute Gasteiger partial charge is 0.363 e. The maximum Gasteiger partial charge on any atom is 0.363 e. The van der Waals surface area contributed by atoms with Crippen molar-refractivity contribution in [1.82, 2.24) is 0 Å². The molecule has 0 N–H and O–H groups in total. The van der Waals surface area contributed by atoms with Gasteiger partial charge in [0.1, 0.15) is 0 Å². The molecule has 1 aliphatic rings. The Morgan fingerprint density at radius 3 is 2.07 bits per heavy atom. The SMILES string of the molecule is O=C1OC(c2ccc(-c3ccccc3)cc2)=N/C1=C/c1ccc(C(=O)[O-])cc1. The first-order valence-corrected chi connectivity index (χ1v) is 8.60. The zero-order valence-corrected chi connectivity index (χ0v) is 14.7. The van der Waals surface area contributed by atoms with Crippen LogP contribution in [0.15, 0.2) is 89.6 Å². The van der Waals surface area contributed by atoms with Crippen LogP contribution in [0.25, 0.3) is 17.2 Å². The quantitative estimate of drug-likeness (QED) is 0.524. The summed E-state index contributed by atoms with van der Waals surface area (Å²) in [5, 5.41) is 10.8. The predicted molar refractivity (Wildman–Crippen MR) is 103 cm³/mol. The third-order valence-corrected chi connectivity index (χ3v) is 4.31. The third-order valence-electron chi connectivity index (χ3n) is 4.31. The molecule has 1 aliphatic heterocycles. The zero-order chi connectivity index (χ0) is 19.5. The Morgan fingerprint density at radius 2 is 1.43 bits per heavy atom. The molecule has 0 radical (unpaired) electrons. The number of nitrogens with zero attached hydrogens (tertiary/aromatic N) is 1. The molecule has 0 saturated carbocycles. The van der Waals surface area contributed by atoms with Crippen molar-refractivity contribution in [2.45, 2.75) is 0 Å². The number of cyclic esters (lactones) is 1. The van der Waals surface area contributed by atoms with Crippen molar-refractivity contribution in [3.8, 4) is 11.1 Å². The molecule has 0 fully saturated rings. The molecule has 0 unspecified atom stereocenters. The fraction of sp³-hybridized carbons (Fsp3) is 0. The van der Waals surface area contributed by atoms with Gasteiger partial charge >= 0.3 is 5.97 Å². The van der Waals surface area contributed by atoms with Gasteiger partial charge in [0.25, 0.3) is 0 Å². The Morgan fingerprint density at radius 1 is 0.821 bits per heavy atom. The minimum absolute atomic E-state index is 0.0684. The van der Waals surface area contributed by atoms with E-state index in [1.165, 1.54) is 12.1 Å². The Hall–Kier alpha value is -3.99. The van der Waals surface area contributed by atoms with Crippen LogP contribution in [0, 0.1) is 0 Å². The highest BCUT2D eigenvalue weighted by Crippen LogP contribution is 2.23. The topological polar surface area (TPSA) is 78.8 Å². The van der Waals surface area contributed by atoms with Crippen molar-refractivity contribution in [3.05, 3.63) is 101 Å². The van der Waals surface area contributed by atoms with E-state index in [0.29, 0.717) is 11.1 Å². The first-order chi connectivity index (χ1) is 13.6. The number of hydrogen-bond donors (Lipinski definition) is 0. The molecular weight excluding hydrogens is 354 g/mol. The molecule has 4 rings (SSSR count). The number of aliphatic imine (C=N–C) groups is 1. The van der Waals surface area contributed by atoms with E-state index in [1.54, 1.807) is 18.2 Å². The molecule has 0 atom stereocenters. The standard InChI is InChI=1S/C23H15NO4/c25-22(26)19-8-6-15(7-9-19)14-20-23(27)28-21(24-20)18-12-10-17(11-13-18)16-4-2-1-3-5-16/h1-14H,(H,25,26)/p-1/b20-14+. The van der Waals surface area contributed by atoms with E-state index in [0.717, 1.165) is 11.1 Å². The summed E-state index contributed by atoms with van der Waals surface area (Å²) >= 11 is 0. The van der Waals surface area contributed by atoms with Crippen molar-refractivity contribution in [3.63, 3.8) is 0 Å². The predicted octanol–water partition coefficient (Wildman–Crippen LogP) is 3.06. The first-order valence-electron chi connectivity index (χ1n) is 8.60. The fourth-order valence-electron chi connectivity index (χ4n) is 2.84. The summed E-state index contributed by atoms with van der Waals surface area (Å²) in [6.45, 7) is 0. The lowest BCUT2D eigenvalue weighted by atomic mass is 10.0. The molecule has 28 heavy (non-hydrogen) atoms. The number of hydrogen-bond acceptors (Lipinski definition) is 5. The highest BCUT2D eigenvalue weighted by Gasteiger charge is 2.24. The van der Waals surface area contributed by atoms with Crippen LogP contribution in [-0.2, 0) is 9.53 Å². The highest BCUT2D eigenvalue weighted by atomic mass is 16.6. The van der Waals surface area contributed by atoms with Crippen molar-refractivity contribution in [1.29, 1.82) is 0 Å². The number of carboxylic acid groups (broad SMARTS) is 1. The van der Waals surface area contributed by atoms with Crippen molar-refractivity contribution >= 4 is 23.9 Å². The van der Waals surface area contributed by atoms with Gasteiger partial charge < -0.3 is 14.6 Å². The highest BCUT2D eigenvalue weighted by molar-refractivity contribution is 6.13. The summed E-state index contributed by atoms with van der Waals surface area (Å²) in [6, 6.07) is 23.5. The van der Waals surface area contributed by atoms with Gasteiger partial charge in [-0.1, -0.05) is 66.7 Å². The van der Waals surface area contributed by atoms with Gasteiger partial charge in [0.05, 0.1) is 5.97 Å². The first kappa shape index (κ1) is 17.4. The molecule has 3 aromatic rings. The van der Waals surface area contributed by atoms with E-state index in [1.807, 2.05) is 54.6 Å².